The van der Waals surface area contributed by atoms with Crippen LogP contribution in [0.4, 0.5) is 13.2 Å². The van der Waals surface area contributed by atoms with E-state index in [4.69, 9.17) is 16.3 Å². The normalized spacial score (nSPS) is 15.3. The van der Waals surface area contributed by atoms with E-state index in [0.29, 0.717) is 41.4 Å². The quantitative estimate of drug-likeness (QED) is 0.479. The maximum Gasteiger partial charge on any atom is 0.416 e. The first-order chi connectivity index (χ1) is 14.1. The summed E-state index contributed by atoms with van der Waals surface area (Å²) in [5, 5.41) is 9.97. The summed E-state index contributed by atoms with van der Waals surface area (Å²) < 4.78 is 44.8. The lowest BCUT2D eigenvalue weighted by Gasteiger charge is -2.20. The highest BCUT2D eigenvalue weighted by molar-refractivity contribution is 6.32. The van der Waals surface area contributed by atoms with Gasteiger partial charge < -0.3 is 9.84 Å². The molecular formula is C23H24ClF3O3. The summed E-state index contributed by atoms with van der Waals surface area (Å²) in [6.45, 7) is 4.34. The average Bonchev–Trinajstić information content (AvgIpc) is 3.48. The summed E-state index contributed by atoms with van der Waals surface area (Å²) in [7, 11) is 0. The Morgan fingerprint density at radius 3 is 2.33 bits per heavy atom. The second-order valence-corrected chi connectivity index (χ2v) is 8.64. The van der Waals surface area contributed by atoms with Gasteiger partial charge in [-0.25, -0.2) is 0 Å². The molecule has 30 heavy (non-hydrogen) atoms. The van der Waals surface area contributed by atoms with Crippen molar-refractivity contribution in [3.05, 3.63) is 52.5 Å². The molecule has 0 aliphatic heterocycles. The van der Waals surface area contributed by atoms with Gasteiger partial charge in [-0.2, -0.15) is 13.2 Å². The zero-order valence-electron chi connectivity index (χ0n) is 16.8. The number of hydrogen-bond donors (Lipinski definition) is 1. The van der Waals surface area contributed by atoms with Gasteiger partial charge in [-0.3, -0.25) is 4.79 Å². The van der Waals surface area contributed by atoms with Crippen LogP contribution in [0.15, 0.2) is 36.4 Å². The Hall–Kier alpha value is -2.21. The Morgan fingerprint density at radius 2 is 1.83 bits per heavy atom. The lowest BCUT2D eigenvalue weighted by atomic mass is 9.88. The fourth-order valence-electron chi connectivity index (χ4n) is 3.35. The van der Waals surface area contributed by atoms with Crippen molar-refractivity contribution in [1.29, 1.82) is 0 Å². The minimum Gasteiger partial charge on any atom is -0.491 e. The van der Waals surface area contributed by atoms with Gasteiger partial charge in [-0.1, -0.05) is 37.6 Å². The molecule has 0 saturated heterocycles. The summed E-state index contributed by atoms with van der Waals surface area (Å²) in [5.74, 6) is -0.766. The van der Waals surface area contributed by atoms with Crippen LogP contribution in [0.1, 0.15) is 50.2 Å². The van der Waals surface area contributed by atoms with Crippen LogP contribution in [0.2, 0.25) is 5.02 Å². The highest BCUT2D eigenvalue weighted by Crippen LogP contribution is 2.42. The fourth-order valence-corrected chi connectivity index (χ4v) is 3.63. The van der Waals surface area contributed by atoms with Crippen LogP contribution in [0.3, 0.4) is 0 Å². The molecule has 7 heteroatoms. The molecule has 0 spiro atoms. The number of rotatable bonds is 8. The number of alkyl halides is 3. The zero-order valence-corrected chi connectivity index (χ0v) is 17.6. The predicted octanol–water partition coefficient (Wildman–Crippen LogP) is 7.03. The molecule has 3 nitrogen and oxygen atoms in total. The number of ether oxygens (including phenoxy) is 1. The highest BCUT2D eigenvalue weighted by atomic mass is 35.5. The Bertz CT molecular complexity index is 903. The number of hydrogen-bond acceptors (Lipinski definition) is 2. The molecule has 0 aromatic heterocycles. The van der Waals surface area contributed by atoms with Gasteiger partial charge in [-0.15, -0.1) is 0 Å². The SMILES string of the molecule is CC(C)C[C@H](C(=O)O)c1cc(Cl)c(OCC2CC2)c(-c2ccc(C(F)(F)F)cc2)c1. The summed E-state index contributed by atoms with van der Waals surface area (Å²) in [5.41, 5.74) is 0.750. The van der Waals surface area contributed by atoms with E-state index in [1.54, 1.807) is 12.1 Å². The maximum atomic E-state index is 13.0. The number of aliphatic carboxylic acids is 1. The van der Waals surface area contributed by atoms with Crippen LogP contribution in [-0.2, 0) is 11.0 Å². The molecule has 1 aliphatic carbocycles. The molecule has 1 saturated carbocycles. The zero-order chi connectivity index (χ0) is 22.1. The summed E-state index contributed by atoms with van der Waals surface area (Å²) in [4.78, 5) is 11.9. The smallest absolute Gasteiger partial charge is 0.416 e. The van der Waals surface area contributed by atoms with Crippen molar-refractivity contribution in [2.24, 2.45) is 11.8 Å². The standard InChI is InChI=1S/C23H24ClF3O3/c1-13(2)9-19(22(28)29)16-10-18(15-5-7-17(8-6-15)23(25,26)27)21(20(24)11-16)30-12-14-3-4-14/h5-8,10-11,13-14,19H,3-4,9,12H2,1-2H3,(H,28,29)/t19-/m0/s1. The Morgan fingerprint density at radius 1 is 1.20 bits per heavy atom. The number of carbonyl (C=O) groups is 1. The van der Waals surface area contributed by atoms with Crippen molar-refractivity contribution in [2.45, 2.75) is 45.2 Å². The first kappa shape index (κ1) is 22.5. The molecule has 1 atom stereocenters. The van der Waals surface area contributed by atoms with Crippen LogP contribution in [0, 0.1) is 11.8 Å². The van der Waals surface area contributed by atoms with Gasteiger partial charge >= 0.3 is 12.1 Å². The largest absolute Gasteiger partial charge is 0.491 e. The summed E-state index contributed by atoms with van der Waals surface area (Å²) in [6, 6.07) is 8.00. The molecule has 2 aromatic rings. The minimum absolute atomic E-state index is 0.144. The number of benzene rings is 2. The average molecular weight is 441 g/mol. The lowest BCUT2D eigenvalue weighted by Crippen LogP contribution is -2.14. The van der Waals surface area contributed by atoms with E-state index in [1.807, 2.05) is 13.8 Å². The molecule has 3 rings (SSSR count). The van der Waals surface area contributed by atoms with Crippen molar-refractivity contribution in [3.8, 4) is 16.9 Å². The monoisotopic (exact) mass is 440 g/mol. The van der Waals surface area contributed by atoms with Crippen molar-refractivity contribution < 1.29 is 27.8 Å². The molecule has 0 unspecified atom stereocenters. The van der Waals surface area contributed by atoms with Crippen LogP contribution in [-0.4, -0.2) is 17.7 Å². The summed E-state index contributed by atoms with van der Waals surface area (Å²) in [6.07, 6.45) is -1.88. The molecule has 2 aromatic carbocycles. The van der Waals surface area contributed by atoms with Gasteiger partial charge in [-0.05, 0) is 66.5 Å². The van der Waals surface area contributed by atoms with E-state index >= 15 is 0 Å². The van der Waals surface area contributed by atoms with Gasteiger partial charge in [0.05, 0.1) is 23.1 Å². The van der Waals surface area contributed by atoms with Crippen molar-refractivity contribution in [1.82, 2.24) is 0 Å². The minimum atomic E-state index is -4.44. The van der Waals surface area contributed by atoms with Gasteiger partial charge in [0.25, 0.3) is 0 Å². The van der Waals surface area contributed by atoms with E-state index in [1.165, 1.54) is 12.1 Å². The van der Waals surface area contributed by atoms with Crippen LogP contribution < -0.4 is 4.74 Å². The topological polar surface area (TPSA) is 46.5 Å². The molecule has 0 amide bonds. The molecule has 0 radical (unpaired) electrons. The lowest BCUT2D eigenvalue weighted by molar-refractivity contribution is -0.139. The molecular weight excluding hydrogens is 417 g/mol. The third-order valence-electron chi connectivity index (χ3n) is 5.16. The molecule has 0 heterocycles. The summed E-state index contributed by atoms with van der Waals surface area (Å²) >= 11 is 6.48. The number of halogens is 4. The van der Waals surface area contributed by atoms with Gasteiger partial charge in [0.2, 0.25) is 0 Å². The van der Waals surface area contributed by atoms with E-state index < -0.39 is 23.6 Å². The number of carboxylic acids is 1. The molecule has 1 aliphatic rings. The van der Waals surface area contributed by atoms with E-state index in [9.17, 15) is 23.1 Å². The molecule has 1 N–H and O–H groups in total. The van der Waals surface area contributed by atoms with E-state index in [2.05, 4.69) is 0 Å². The Balaban J connectivity index is 2.06. The fraction of sp³-hybridized carbons (Fsp3) is 0.435. The third kappa shape index (κ3) is 5.48. The van der Waals surface area contributed by atoms with Crippen molar-refractivity contribution in [3.63, 3.8) is 0 Å². The van der Waals surface area contributed by atoms with Gasteiger partial charge in [0.15, 0.2) is 0 Å². The maximum absolute atomic E-state index is 13.0. The first-order valence-electron chi connectivity index (χ1n) is 9.93. The second-order valence-electron chi connectivity index (χ2n) is 8.23. The Labute approximate surface area is 178 Å². The van der Waals surface area contributed by atoms with E-state index in [0.717, 1.165) is 25.0 Å². The van der Waals surface area contributed by atoms with Crippen LogP contribution >= 0.6 is 11.6 Å². The Kier molecular flexibility index (Phi) is 6.65. The molecule has 0 bridgehead atoms. The number of carboxylic acid groups (broad SMARTS) is 1. The molecule has 162 valence electrons. The van der Waals surface area contributed by atoms with Crippen LogP contribution in [0.5, 0.6) is 5.75 Å². The van der Waals surface area contributed by atoms with Gasteiger partial charge in [0, 0.05) is 5.56 Å². The molecule has 1 fully saturated rings. The van der Waals surface area contributed by atoms with Crippen LogP contribution in [0.25, 0.3) is 11.1 Å². The first-order valence-corrected chi connectivity index (χ1v) is 10.3. The van der Waals surface area contributed by atoms with Crippen molar-refractivity contribution >= 4 is 17.6 Å². The van der Waals surface area contributed by atoms with E-state index in [-0.39, 0.29) is 10.9 Å². The highest BCUT2D eigenvalue weighted by Gasteiger charge is 2.31. The van der Waals surface area contributed by atoms with Crippen molar-refractivity contribution in [2.75, 3.05) is 6.61 Å². The van der Waals surface area contributed by atoms with Gasteiger partial charge in [0.1, 0.15) is 5.75 Å². The predicted molar refractivity (Wildman–Crippen MR) is 110 cm³/mol. The second kappa shape index (κ2) is 8.88. The third-order valence-corrected chi connectivity index (χ3v) is 5.44.